The van der Waals surface area contributed by atoms with Crippen LogP contribution in [0.3, 0.4) is 0 Å². The van der Waals surface area contributed by atoms with E-state index < -0.39 is 23.5 Å². The third-order valence-electron chi connectivity index (χ3n) is 3.32. The van der Waals surface area contributed by atoms with Crippen molar-refractivity contribution in [2.24, 2.45) is 0 Å². The van der Waals surface area contributed by atoms with Crippen LogP contribution >= 0.6 is 11.6 Å². The molecule has 0 saturated heterocycles. The van der Waals surface area contributed by atoms with Gasteiger partial charge in [0, 0.05) is 12.3 Å². The second-order valence-electron chi connectivity index (χ2n) is 5.27. The minimum absolute atomic E-state index is 0.0321. The number of nitrogens with one attached hydrogen (secondary N) is 2. The van der Waals surface area contributed by atoms with Crippen molar-refractivity contribution in [2.75, 3.05) is 5.32 Å². The van der Waals surface area contributed by atoms with Gasteiger partial charge in [-0.15, -0.1) is 0 Å². The van der Waals surface area contributed by atoms with Crippen molar-refractivity contribution >= 4 is 23.3 Å². The summed E-state index contributed by atoms with van der Waals surface area (Å²) in [5, 5.41) is 11.5. The monoisotopic (exact) mass is 387 g/mol. The van der Waals surface area contributed by atoms with E-state index in [2.05, 4.69) is 15.5 Å². The molecule has 2 aromatic heterocycles. The molecule has 0 saturated carbocycles. The summed E-state index contributed by atoms with van der Waals surface area (Å²) in [6, 6.07) is 6.29. The Morgan fingerprint density at radius 3 is 2.58 bits per heavy atom. The molecule has 1 amide bonds. The van der Waals surface area contributed by atoms with E-state index in [0.717, 1.165) is 5.56 Å². The molecule has 11 heteroatoms. The van der Waals surface area contributed by atoms with Gasteiger partial charge in [-0.25, -0.2) is 4.39 Å². The second-order valence-corrected chi connectivity index (χ2v) is 5.68. The standard InChI is InChI=1S/C15H10ClF4N5O/c16-10-7-25(6-8-1-3-9(17)4-2-8)24-13(10)21-14(26)11-5-12(23-22-11)15(18,19)20/h1-5,7H,6H2,(H,22,23)(H,21,24,26). The van der Waals surface area contributed by atoms with Crippen LogP contribution in [0.15, 0.2) is 36.5 Å². The number of hydrogen-bond acceptors (Lipinski definition) is 3. The molecule has 0 aliphatic heterocycles. The second kappa shape index (κ2) is 6.79. The molecule has 2 N–H and O–H groups in total. The molecule has 0 spiro atoms. The predicted molar refractivity (Wildman–Crippen MR) is 84.3 cm³/mol. The molecule has 0 bridgehead atoms. The van der Waals surface area contributed by atoms with Gasteiger partial charge in [0.05, 0.1) is 6.54 Å². The quantitative estimate of drug-likeness (QED) is 0.670. The lowest BCUT2D eigenvalue weighted by Gasteiger charge is -2.02. The van der Waals surface area contributed by atoms with Crippen LogP contribution in [0.5, 0.6) is 0 Å². The molecular formula is C15H10ClF4N5O. The Labute approximate surface area is 148 Å². The molecule has 1 aromatic carbocycles. The maximum atomic E-state index is 12.9. The number of nitrogens with zero attached hydrogens (tertiary/aromatic N) is 3. The molecule has 26 heavy (non-hydrogen) atoms. The number of amides is 1. The van der Waals surface area contributed by atoms with E-state index in [-0.39, 0.29) is 23.2 Å². The van der Waals surface area contributed by atoms with Gasteiger partial charge in [-0.2, -0.15) is 23.4 Å². The first kappa shape index (κ1) is 17.9. The van der Waals surface area contributed by atoms with Crippen LogP contribution in [0.2, 0.25) is 5.02 Å². The fourth-order valence-electron chi connectivity index (χ4n) is 2.09. The zero-order valence-corrected chi connectivity index (χ0v) is 13.6. The summed E-state index contributed by atoms with van der Waals surface area (Å²) in [5.74, 6) is -1.31. The number of aromatic nitrogens is 4. The third-order valence-corrected chi connectivity index (χ3v) is 3.60. The lowest BCUT2D eigenvalue weighted by atomic mass is 10.2. The first-order chi connectivity index (χ1) is 12.2. The van der Waals surface area contributed by atoms with Gasteiger partial charge in [0.15, 0.2) is 11.5 Å². The van der Waals surface area contributed by atoms with Gasteiger partial charge in [-0.05, 0) is 17.7 Å². The van der Waals surface area contributed by atoms with Gasteiger partial charge >= 0.3 is 6.18 Å². The van der Waals surface area contributed by atoms with Crippen molar-refractivity contribution in [2.45, 2.75) is 12.7 Å². The van der Waals surface area contributed by atoms with Crippen LogP contribution in [0.25, 0.3) is 0 Å². The molecule has 0 radical (unpaired) electrons. The molecule has 0 atom stereocenters. The average molecular weight is 388 g/mol. The highest BCUT2D eigenvalue weighted by molar-refractivity contribution is 6.33. The Morgan fingerprint density at radius 2 is 1.96 bits per heavy atom. The van der Waals surface area contributed by atoms with E-state index >= 15 is 0 Å². The predicted octanol–water partition coefficient (Wildman–Crippen LogP) is 3.72. The Morgan fingerprint density at radius 1 is 1.27 bits per heavy atom. The lowest BCUT2D eigenvalue weighted by Crippen LogP contribution is -2.13. The summed E-state index contributed by atoms with van der Waals surface area (Å²) in [7, 11) is 0. The van der Waals surface area contributed by atoms with E-state index in [0.29, 0.717) is 6.07 Å². The van der Waals surface area contributed by atoms with Crippen LogP contribution < -0.4 is 5.32 Å². The van der Waals surface area contributed by atoms with E-state index in [1.54, 1.807) is 17.2 Å². The van der Waals surface area contributed by atoms with Crippen LogP contribution in [0, 0.1) is 5.82 Å². The van der Waals surface area contributed by atoms with Crippen molar-refractivity contribution in [3.05, 3.63) is 64.3 Å². The molecule has 136 valence electrons. The Hall–Kier alpha value is -2.88. The Bertz CT molecular complexity index is 932. The van der Waals surface area contributed by atoms with E-state index in [1.165, 1.54) is 23.0 Å². The summed E-state index contributed by atoms with van der Waals surface area (Å²) in [5.41, 5.74) is -0.859. The van der Waals surface area contributed by atoms with E-state index in [4.69, 9.17) is 11.6 Å². The van der Waals surface area contributed by atoms with Crippen molar-refractivity contribution in [1.29, 1.82) is 0 Å². The molecule has 0 unspecified atom stereocenters. The highest BCUT2D eigenvalue weighted by Crippen LogP contribution is 2.28. The van der Waals surface area contributed by atoms with Crippen molar-refractivity contribution in [1.82, 2.24) is 20.0 Å². The highest BCUT2D eigenvalue weighted by atomic mass is 35.5. The summed E-state index contributed by atoms with van der Waals surface area (Å²) in [6.07, 6.45) is -3.22. The lowest BCUT2D eigenvalue weighted by molar-refractivity contribution is -0.141. The number of alkyl halides is 3. The first-order valence-corrected chi connectivity index (χ1v) is 7.51. The summed E-state index contributed by atoms with van der Waals surface area (Å²) < 4.78 is 51.9. The number of aromatic amines is 1. The van der Waals surface area contributed by atoms with Crippen LogP contribution in [-0.4, -0.2) is 25.9 Å². The van der Waals surface area contributed by atoms with Crippen molar-refractivity contribution < 1.29 is 22.4 Å². The number of carbonyl (C=O) groups excluding carboxylic acids is 1. The van der Waals surface area contributed by atoms with Crippen LogP contribution in [0.1, 0.15) is 21.7 Å². The van der Waals surface area contributed by atoms with Gasteiger partial charge in [0.1, 0.15) is 16.5 Å². The van der Waals surface area contributed by atoms with Gasteiger partial charge in [-0.1, -0.05) is 23.7 Å². The minimum atomic E-state index is -4.64. The molecule has 0 fully saturated rings. The maximum Gasteiger partial charge on any atom is 0.432 e. The van der Waals surface area contributed by atoms with Gasteiger partial charge in [-0.3, -0.25) is 14.6 Å². The number of benzene rings is 1. The van der Waals surface area contributed by atoms with Crippen molar-refractivity contribution in [3.63, 3.8) is 0 Å². The van der Waals surface area contributed by atoms with Gasteiger partial charge in [0.2, 0.25) is 0 Å². The number of rotatable bonds is 4. The molecule has 0 aliphatic rings. The highest BCUT2D eigenvalue weighted by Gasteiger charge is 2.34. The topological polar surface area (TPSA) is 75.6 Å². The zero-order valence-electron chi connectivity index (χ0n) is 12.8. The molecule has 2 heterocycles. The number of H-pyrrole nitrogens is 1. The molecule has 3 aromatic rings. The normalized spacial score (nSPS) is 11.6. The molecular weight excluding hydrogens is 378 g/mol. The smallest absolute Gasteiger partial charge is 0.302 e. The fourth-order valence-corrected chi connectivity index (χ4v) is 2.29. The number of anilines is 1. The van der Waals surface area contributed by atoms with Crippen molar-refractivity contribution in [3.8, 4) is 0 Å². The largest absolute Gasteiger partial charge is 0.432 e. The number of carbonyl (C=O) groups is 1. The summed E-state index contributed by atoms with van der Waals surface area (Å²) >= 11 is 5.98. The van der Waals surface area contributed by atoms with Gasteiger partial charge in [0.25, 0.3) is 5.91 Å². The van der Waals surface area contributed by atoms with Crippen LogP contribution in [0.4, 0.5) is 23.4 Å². The SMILES string of the molecule is O=C(Nc1nn(Cc2ccc(F)cc2)cc1Cl)c1cc(C(F)(F)F)[nH]n1. The third kappa shape index (κ3) is 4.02. The Kier molecular flexibility index (Phi) is 4.68. The molecule has 3 rings (SSSR count). The zero-order chi connectivity index (χ0) is 18.9. The fraction of sp³-hybridized carbons (Fsp3) is 0.133. The summed E-state index contributed by atoms with van der Waals surface area (Å²) in [6.45, 7) is 0.260. The van der Waals surface area contributed by atoms with Gasteiger partial charge < -0.3 is 5.32 Å². The minimum Gasteiger partial charge on any atom is -0.302 e. The summed E-state index contributed by atoms with van der Waals surface area (Å²) in [4.78, 5) is 12.0. The Balaban J connectivity index is 1.72. The number of halogens is 5. The maximum absolute atomic E-state index is 12.9. The van der Waals surface area contributed by atoms with E-state index in [9.17, 15) is 22.4 Å². The van der Waals surface area contributed by atoms with E-state index in [1.807, 2.05) is 0 Å². The van der Waals surface area contributed by atoms with Crippen LogP contribution in [-0.2, 0) is 12.7 Å². The average Bonchev–Trinajstić information content (AvgIpc) is 3.17. The molecule has 6 nitrogen and oxygen atoms in total. The first-order valence-electron chi connectivity index (χ1n) is 7.14. The number of hydrogen-bond donors (Lipinski definition) is 2. The molecule has 0 aliphatic carbocycles.